The average molecular weight is 563 g/mol. The van der Waals surface area contributed by atoms with Gasteiger partial charge in [-0.3, -0.25) is 4.79 Å². The number of aliphatic hydroxyl groups is 1. The number of hydrogen-bond acceptors (Lipinski definition) is 6. The molecule has 0 atom stereocenters. The summed E-state index contributed by atoms with van der Waals surface area (Å²) in [4.78, 5) is 23.1. The minimum absolute atomic E-state index is 0.0151. The molecule has 4 aliphatic rings. The van der Waals surface area contributed by atoms with E-state index in [2.05, 4.69) is 38.8 Å². The van der Waals surface area contributed by atoms with Crippen LogP contribution in [0.3, 0.4) is 0 Å². The van der Waals surface area contributed by atoms with E-state index in [9.17, 15) is 15.2 Å². The smallest absolute Gasteiger partial charge is 0.195 e. The molecule has 7 heteroatoms. The van der Waals surface area contributed by atoms with Gasteiger partial charge in [0.1, 0.15) is 5.60 Å². The van der Waals surface area contributed by atoms with Crippen LogP contribution in [0, 0.1) is 23.2 Å². The molecule has 0 bridgehead atoms. The van der Waals surface area contributed by atoms with E-state index in [1.807, 2.05) is 18.2 Å². The van der Waals surface area contributed by atoms with Crippen molar-refractivity contribution < 1.29 is 14.6 Å². The summed E-state index contributed by atoms with van der Waals surface area (Å²) in [7, 11) is 0. The third kappa shape index (κ3) is 4.52. The molecule has 1 aliphatic carbocycles. The number of anilines is 1. The van der Waals surface area contributed by atoms with Gasteiger partial charge in [-0.1, -0.05) is 17.9 Å². The normalized spacial score (nSPS) is 20.7. The van der Waals surface area contributed by atoms with Crippen molar-refractivity contribution in [2.45, 2.75) is 69.4 Å². The van der Waals surface area contributed by atoms with Crippen LogP contribution in [-0.4, -0.2) is 71.8 Å². The lowest BCUT2D eigenvalue weighted by atomic mass is 9.64. The van der Waals surface area contributed by atoms with E-state index in [1.165, 1.54) is 25.9 Å². The summed E-state index contributed by atoms with van der Waals surface area (Å²) < 4.78 is 5.86. The predicted octanol–water partition coefficient (Wildman–Crippen LogP) is 4.87. The number of H-pyrrole nitrogens is 1. The number of nitrogens with zero attached hydrogens (tertiary/aromatic N) is 3. The van der Waals surface area contributed by atoms with Crippen LogP contribution >= 0.6 is 0 Å². The van der Waals surface area contributed by atoms with Gasteiger partial charge in [-0.25, -0.2) is 0 Å². The average Bonchev–Trinajstić information content (AvgIpc) is 3.68. The maximum absolute atomic E-state index is 14.4. The highest BCUT2D eigenvalue weighted by atomic mass is 16.5. The highest BCUT2D eigenvalue weighted by Crippen LogP contribution is 2.51. The fourth-order valence-corrected chi connectivity index (χ4v) is 7.70. The molecule has 3 aromatic rings. The van der Waals surface area contributed by atoms with E-state index in [4.69, 9.17) is 4.74 Å². The van der Waals surface area contributed by atoms with E-state index in [-0.39, 0.29) is 5.78 Å². The monoisotopic (exact) mass is 562 g/mol. The van der Waals surface area contributed by atoms with Gasteiger partial charge in [0.25, 0.3) is 0 Å². The molecule has 0 saturated carbocycles. The van der Waals surface area contributed by atoms with Gasteiger partial charge in [0, 0.05) is 65.5 Å². The summed E-state index contributed by atoms with van der Waals surface area (Å²) in [5.74, 6) is 6.28. The zero-order valence-corrected chi connectivity index (χ0v) is 24.6. The fourth-order valence-electron chi connectivity index (χ4n) is 7.70. The number of carbonyl (C=O) groups excluding carboxylic acids is 1. The Hall–Kier alpha value is -3.62. The lowest BCUT2D eigenvalue weighted by Gasteiger charge is -2.43. The Morgan fingerprint density at radius 2 is 1.81 bits per heavy atom. The largest absolute Gasteiger partial charge is 0.381 e. The van der Waals surface area contributed by atoms with Gasteiger partial charge in [0.2, 0.25) is 0 Å². The van der Waals surface area contributed by atoms with Gasteiger partial charge in [0.05, 0.1) is 22.9 Å². The number of benzene rings is 2. The summed E-state index contributed by atoms with van der Waals surface area (Å²) in [6.07, 6.45) is 6.36. The number of nitrogens with one attached hydrogen (secondary N) is 1. The molecule has 3 saturated heterocycles. The molecule has 3 fully saturated rings. The Bertz CT molecular complexity index is 1660. The first kappa shape index (κ1) is 27.2. The zero-order chi connectivity index (χ0) is 29.1. The minimum Gasteiger partial charge on any atom is -0.381 e. The van der Waals surface area contributed by atoms with Gasteiger partial charge < -0.3 is 24.6 Å². The minimum atomic E-state index is -1.15. The molecule has 7 rings (SSSR count). The number of aromatic nitrogens is 1. The first-order valence-electron chi connectivity index (χ1n) is 15.4. The number of carbonyl (C=O) groups is 1. The van der Waals surface area contributed by atoms with Crippen molar-refractivity contribution in [2.75, 3.05) is 44.3 Å². The molecule has 0 amide bonds. The predicted molar refractivity (Wildman–Crippen MR) is 163 cm³/mol. The number of piperidine rings is 1. The van der Waals surface area contributed by atoms with Gasteiger partial charge in [-0.05, 0) is 95.3 Å². The highest BCUT2D eigenvalue weighted by molar-refractivity contribution is 6.20. The maximum Gasteiger partial charge on any atom is 0.195 e. The summed E-state index contributed by atoms with van der Waals surface area (Å²) >= 11 is 0. The summed E-state index contributed by atoms with van der Waals surface area (Å²) in [5, 5.41) is 20.9. The molecule has 0 unspecified atom stereocenters. The molecule has 1 aromatic heterocycles. The lowest BCUT2D eigenvalue weighted by Crippen LogP contribution is -2.44. The second-order valence-electron chi connectivity index (χ2n) is 13.0. The van der Waals surface area contributed by atoms with Crippen LogP contribution in [0.5, 0.6) is 0 Å². The highest BCUT2D eigenvalue weighted by Gasteiger charge is 2.47. The topological polar surface area (TPSA) is 92.6 Å². The summed E-state index contributed by atoms with van der Waals surface area (Å²) in [6.45, 7) is 8.91. The molecule has 2 N–H and O–H groups in total. The number of ketones is 1. The second kappa shape index (κ2) is 10.3. The number of fused-ring (bicyclic) bond motifs is 6. The van der Waals surface area contributed by atoms with Crippen molar-refractivity contribution in [2.24, 2.45) is 0 Å². The number of hydrogen-bond donors (Lipinski definition) is 2. The SMILES string of the molecule is CC(C)(O)C#Cc1cc2c(cc1N1CCC(N3CCCC3)CC1)C1(CCOCC1)c1[nH]c3cc(C#N)ccc3c1C2=O. The zero-order valence-electron chi connectivity index (χ0n) is 24.6. The van der Waals surface area contributed by atoms with Crippen molar-refractivity contribution in [1.82, 2.24) is 9.88 Å². The van der Waals surface area contributed by atoms with Crippen LogP contribution in [0.2, 0.25) is 0 Å². The van der Waals surface area contributed by atoms with E-state index in [0.717, 1.165) is 72.2 Å². The van der Waals surface area contributed by atoms with E-state index in [0.29, 0.717) is 35.9 Å². The maximum atomic E-state index is 14.4. The molecule has 2 aromatic carbocycles. The molecule has 216 valence electrons. The Morgan fingerprint density at radius 1 is 1.07 bits per heavy atom. The number of rotatable bonds is 2. The van der Waals surface area contributed by atoms with Crippen molar-refractivity contribution in [3.63, 3.8) is 0 Å². The van der Waals surface area contributed by atoms with Crippen LogP contribution in [0.15, 0.2) is 30.3 Å². The molecular formula is C35H38N4O3. The summed E-state index contributed by atoms with van der Waals surface area (Å²) in [5.41, 5.74) is 5.06. The van der Waals surface area contributed by atoms with Gasteiger partial charge in [0.15, 0.2) is 5.78 Å². The quantitative estimate of drug-likeness (QED) is 0.433. The van der Waals surface area contributed by atoms with E-state index < -0.39 is 11.0 Å². The van der Waals surface area contributed by atoms with Crippen molar-refractivity contribution in [3.05, 3.63) is 63.8 Å². The third-order valence-corrected chi connectivity index (χ3v) is 9.84. The number of aromatic amines is 1. The molecule has 7 nitrogen and oxygen atoms in total. The lowest BCUT2D eigenvalue weighted by molar-refractivity contribution is 0.0602. The molecular weight excluding hydrogens is 524 g/mol. The van der Waals surface area contributed by atoms with Crippen molar-refractivity contribution in [3.8, 4) is 17.9 Å². The van der Waals surface area contributed by atoms with Crippen LogP contribution in [0.4, 0.5) is 5.69 Å². The molecule has 4 heterocycles. The molecule has 3 aliphatic heterocycles. The summed E-state index contributed by atoms with van der Waals surface area (Å²) in [6, 6.07) is 12.6. The fraction of sp³-hybridized carbons (Fsp3) is 0.486. The van der Waals surface area contributed by atoms with E-state index >= 15 is 0 Å². The molecule has 42 heavy (non-hydrogen) atoms. The number of likely N-dealkylation sites (tertiary alicyclic amines) is 1. The standard InChI is InChI=1S/C35H38N4O3/c1-34(2,41)10-7-24-20-27-28(21-30(24)39-15-8-25(9-16-39)38-13-3-4-14-38)35(11-17-42-18-12-35)33-31(32(27)40)26-6-5-23(22-36)19-29(26)37-33/h5-6,19-21,25,37,41H,3-4,8-9,11-18H2,1-2H3. The van der Waals surface area contributed by atoms with Crippen LogP contribution in [0.1, 0.15) is 90.7 Å². The second-order valence-corrected chi connectivity index (χ2v) is 13.0. The third-order valence-electron chi connectivity index (χ3n) is 9.84. The Morgan fingerprint density at radius 3 is 2.50 bits per heavy atom. The van der Waals surface area contributed by atoms with Gasteiger partial charge in [-0.15, -0.1) is 0 Å². The van der Waals surface area contributed by atoms with Crippen molar-refractivity contribution in [1.29, 1.82) is 5.26 Å². The molecule has 1 spiro atoms. The molecule has 0 radical (unpaired) electrons. The first-order chi connectivity index (χ1) is 20.3. The number of ether oxygens (including phenoxy) is 1. The van der Waals surface area contributed by atoms with Crippen molar-refractivity contribution >= 4 is 22.4 Å². The first-order valence-corrected chi connectivity index (χ1v) is 15.4. The Labute approximate surface area is 247 Å². The Balaban J connectivity index is 1.38. The van der Waals surface area contributed by atoms with Crippen LogP contribution in [-0.2, 0) is 10.2 Å². The number of nitriles is 1. The van der Waals surface area contributed by atoms with Gasteiger partial charge >= 0.3 is 0 Å². The van der Waals surface area contributed by atoms with Crippen LogP contribution < -0.4 is 4.90 Å². The van der Waals surface area contributed by atoms with Gasteiger partial charge in [-0.2, -0.15) is 5.26 Å². The van der Waals surface area contributed by atoms with Crippen LogP contribution in [0.25, 0.3) is 10.9 Å². The van der Waals surface area contributed by atoms with E-state index in [1.54, 1.807) is 19.9 Å². The Kier molecular flexibility index (Phi) is 6.66.